The minimum atomic E-state index is 0.503. The third-order valence-electron chi connectivity index (χ3n) is 4.11. The van der Waals surface area contributed by atoms with E-state index in [9.17, 15) is 0 Å². The van der Waals surface area contributed by atoms with E-state index in [-0.39, 0.29) is 0 Å². The van der Waals surface area contributed by atoms with Crippen molar-refractivity contribution in [1.29, 1.82) is 0 Å². The molecule has 0 saturated heterocycles. The van der Waals surface area contributed by atoms with Gasteiger partial charge in [0.2, 0.25) is 0 Å². The second kappa shape index (κ2) is 6.21. The van der Waals surface area contributed by atoms with Gasteiger partial charge in [0.1, 0.15) is 5.75 Å². The van der Waals surface area contributed by atoms with Crippen LogP contribution in [0.4, 0.5) is 0 Å². The first kappa shape index (κ1) is 13.4. The van der Waals surface area contributed by atoms with Crippen LogP contribution in [0.1, 0.15) is 24.8 Å². The quantitative estimate of drug-likeness (QED) is 0.839. The molecule has 1 atom stereocenters. The van der Waals surface area contributed by atoms with Crippen LogP contribution >= 0.6 is 0 Å². The van der Waals surface area contributed by atoms with Gasteiger partial charge in [-0.1, -0.05) is 24.6 Å². The summed E-state index contributed by atoms with van der Waals surface area (Å²) < 4.78 is 5.40. The van der Waals surface area contributed by atoms with Crippen LogP contribution in [0.5, 0.6) is 5.75 Å². The lowest BCUT2D eigenvalue weighted by atomic mass is 9.79. The number of rotatable bonds is 6. The molecule has 1 aromatic rings. The number of benzene rings is 1. The molecular formula is C15H24N2O. The molecule has 3 heteroatoms. The van der Waals surface area contributed by atoms with Crippen LogP contribution in [0.15, 0.2) is 24.3 Å². The first-order chi connectivity index (χ1) is 8.76. The molecule has 0 aliphatic heterocycles. The van der Waals surface area contributed by atoms with E-state index >= 15 is 0 Å². The minimum Gasteiger partial charge on any atom is -0.496 e. The van der Waals surface area contributed by atoms with Gasteiger partial charge < -0.3 is 10.5 Å². The number of hydrogen-bond acceptors (Lipinski definition) is 3. The molecule has 1 aromatic carbocycles. The smallest absolute Gasteiger partial charge is 0.123 e. The summed E-state index contributed by atoms with van der Waals surface area (Å²) in [6.45, 7) is 1.65. The molecule has 2 rings (SSSR count). The summed E-state index contributed by atoms with van der Waals surface area (Å²) in [5, 5.41) is 0. The van der Waals surface area contributed by atoms with Gasteiger partial charge in [-0.05, 0) is 31.9 Å². The van der Waals surface area contributed by atoms with Crippen molar-refractivity contribution in [3.63, 3.8) is 0 Å². The van der Waals surface area contributed by atoms with Gasteiger partial charge in [0, 0.05) is 24.7 Å². The average Bonchev–Trinajstić information content (AvgIpc) is 2.34. The lowest BCUT2D eigenvalue weighted by molar-refractivity contribution is 0.118. The molecule has 100 valence electrons. The SMILES string of the molecule is COc1ccccc1CN(C)C(CN)C1CCC1. The molecule has 0 spiro atoms. The Hall–Kier alpha value is -1.06. The largest absolute Gasteiger partial charge is 0.496 e. The molecule has 1 fully saturated rings. The van der Waals surface area contributed by atoms with Crippen molar-refractivity contribution in [2.45, 2.75) is 31.8 Å². The van der Waals surface area contributed by atoms with Crippen molar-refractivity contribution < 1.29 is 4.74 Å². The first-order valence-electron chi connectivity index (χ1n) is 6.78. The van der Waals surface area contributed by atoms with Gasteiger partial charge in [0.25, 0.3) is 0 Å². The molecule has 1 saturated carbocycles. The van der Waals surface area contributed by atoms with E-state index in [4.69, 9.17) is 10.5 Å². The number of likely N-dealkylation sites (N-methyl/N-ethyl adjacent to an activating group) is 1. The zero-order valence-electron chi connectivity index (χ0n) is 11.4. The van der Waals surface area contributed by atoms with E-state index in [2.05, 4.69) is 24.1 Å². The fourth-order valence-corrected chi connectivity index (χ4v) is 2.78. The van der Waals surface area contributed by atoms with Crippen LogP contribution < -0.4 is 10.5 Å². The van der Waals surface area contributed by atoms with Crippen molar-refractivity contribution in [3.05, 3.63) is 29.8 Å². The highest BCUT2D eigenvalue weighted by Crippen LogP contribution is 2.32. The van der Waals surface area contributed by atoms with E-state index in [0.29, 0.717) is 6.04 Å². The number of ether oxygens (including phenoxy) is 1. The molecule has 1 unspecified atom stereocenters. The summed E-state index contributed by atoms with van der Waals surface area (Å²) in [6, 6.07) is 8.72. The van der Waals surface area contributed by atoms with Gasteiger partial charge >= 0.3 is 0 Å². The minimum absolute atomic E-state index is 0.503. The summed E-state index contributed by atoms with van der Waals surface area (Å²) in [6.07, 6.45) is 4.03. The monoisotopic (exact) mass is 248 g/mol. The van der Waals surface area contributed by atoms with Gasteiger partial charge in [-0.15, -0.1) is 0 Å². The standard InChI is InChI=1S/C15H24N2O/c1-17(14(10-16)12-7-5-8-12)11-13-6-3-4-9-15(13)18-2/h3-4,6,9,12,14H,5,7-8,10-11,16H2,1-2H3. The zero-order chi connectivity index (χ0) is 13.0. The first-order valence-corrected chi connectivity index (χ1v) is 6.78. The van der Waals surface area contributed by atoms with Gasteiger partial charge in [-0.25, -0.2) is 0 Å². The summed E-state index contributed by atoms with van der Waals surface area (Å²) in [4.78, 5) is 2.38. The molecule has 0 radical (unpaired) electrons. The van der Waals surface area contributed by atoms with Crippen molar-refractivity contribution in [2.24, 2.45) is 11.7 Å². The van der Waals surface area contributed by atoms with Gasteiger partial charge in [0.05, 0.1) is 7.11 Å². The summed E-state index contributed by atoms with van der Waals surface area (Å²) >= 11 is 0. The van der Waals surface area contributed by atoms with Crippen LogP contribution in [0, 0.1) is 5.92 Å². The van der Waals surface area contributed by atoms with Crippen LogP contribution in [0.25, 0.3) is 0 Å². The van der Waals surface area contributed by atoms with Crippen molar-refractivity contribution in [2.75, 3.05) is 20.7 Å². The Kier molecular flexibility index (Phi) is 4.61. The number of hydrogen-bond donors (Lipinski definition) is 1. The molecule has 0 amide bonds. The number of para-hydroxylation sites is 1. The summed E-state index contributed by atoms with van der Waals surface area (Å²) in [7, 11) is 3.90. The lowest BCUT2D eigenvalue weighted by Gasteiger charge is -2.39. The Morgan fingerprint density at radius 2 is 2.11 bits per heavy atom. The summed E-state index contributed by atoms with van der Waals surface area (Å²) in [5.41, 5.74) is 7.17. The molecule has 0 heterocycles. The van der Waals surface area contributed by atoms with E-state index < -0.39 is 0 Å². The van der Waals surface area contributed by atoms with Gasteiger partial charge in [0.15, 0.2) is 0 Å². The highest BCUT2D eigenvalue weighted by molar-refractivity contribution is 5.33. The molecule has 1 aliphatic rings. The maximum atomic E-state index is 5.94. The second-order valence-corrected chi connectivity index (χ2v) is 5.22. The molecule has 1 aliphatic carbocycles. The van der Waals surface area contributed by atoms with E-state index in [1.807, 2.05) is 12.1 Å². The fraction of sp³-hybridized carbons (Fsp3) is 0.600. The predicted octanol–water partition coefficient (Wildman–Crippen LogP) is 2.25. The average molecular weight is 248 g/mol. The molecule has 18 heavy (non-hydrogen) atoms. The molecule has 2 N–H and O–H groups in total. The number of methoxy groups -OCH3 is 1. The maximum Gasteiger partial charge on any atom is 0.123 e. The van der Waals surface area contributed by atoms with Crippen molar-refractivity contribution in [3.8, 4) is 5.75 Å². The van der Waals surface area contributed by atoms with Crippen molar-refractivity contribution >= 4 is 0 Å². The third kappa shape index (κ3) is 2.85. The lowest BCUT2D eigenvalue weighted by Crippen LogP contribution is -2.45. The molecule has 3 nitrogen and oxygen atoms in total. The Balaban J connectivity index is 2.02. The Morgan fingerprint density at radius 3 is 2.67 bits per heavy atom. The van der Waals surface area contributed by atoms with Crippen LogP contribution in [-0.2, 0) is 6.54 Å². The van der Waals surface area contributed by atoms with E-state index in [1.54, 1.807) is 7.11 Å². The Morgan fingerprint density at radius 1 is 1.39 bits per heavy atom. The Labute approximate surface area is 110 Å². The predicted molar refractivity (Wildman–Crippen MR) is 74.6 cm³/mol. The highest BCUT2D eigenvalue weighted by atomic mass is 16.5. The second-order valence-electron chi connectivity index (χ2n) is 5.22. The normalized spacial score (nSPS) is 17.6. The zero-order valence-corrected chi connectivity index (χ0v) is 11.4. The van der Waals surface area contributed by atoms with Crippen LogP contribution in [0.3, 0.4) is 0 Å². The van der Waals surface area contributed by atoms with Gasteiger partial charge in [-0.3, -0.25) is 4.90 Å². The molecule has 0 aromatic heterocycles. The number of nitrogens with zero attached hydrogens (tertiary/aromatic N) is 1. The third-order valence-corrected chi connectivity index (χ3v) is 4.11. The van der Waals surface area contributed by atoms with E-state index in [1.165, 1.54) is 24.8 Å². The number of nitrogens with two attached hydrogens (primary N) is 1. The van der Waals surface area contributed by atoms with E-state index in [0.717, 1.165) is 24.8 Å². The van der Waals surface area contributed by atoms with Crippen LogP contribution in [-0.4, -0.2) is 31.6 Å². The van der Waals surface area contributed by atoms with Gasteiger partial charge in [-0.2, -0.15) is 0 Å². The molecule has 0 bridgehead atoms. The molecular weight excluding hydrogens is 224 g/mol. The summed E-state index contributed by atoms with van der Waals surface area (Å²) in [5.74, 6) is 1.75. The highest BCUT2D eigenvalue weighted by Gasteiger charge is 2.29. The fourth-order valence-electron chi connectivity index (χ4n) is 2.78. The van der Waals surface area contributed by atoms with Crippen LogP contribution in [0.2, 0.25) is 0 Å². The maximum absolute atomic E-state index is 5.94. The topological polar surface area (TPSA) is 38.5 Å². The Bertz CT molecular complexity index is 377. The van der Waals surface area contributed by atoms with Crippen molar-refractivity contribution in [1.82, 2.24) is 4.90 Å².